The largest absolute Gasteiger partial charge is 0.348 e. The van der Waals surface area contributed by atoms with E-state index in [0.717, 1.165) is 5.69 Å². The minimum Gasteiger partial charge on any atom is -0.348 e. The van der Waals surface area contributed by atoms with Crippen molar-refractivity contribution in [3.63, 3.8) is 0 Å². The van der Waals surface area contributed by atoms with Gasteiger partial charge in [-0.2, -0.15) is 0 Å². The van der Waals surface area contributed by atoms with E-state index in [-0.39, 0.29) is 40.7 Å². The Morgan fingerprint density at radius 2 is 2.11 bits per heavy atom. The minimum absolute atomic E-state index is 0.0687. The highest BCUT2D eigenvalue weighted by Gasteiger charge is 2.29. The van der Waals surface area contributed by atoms with Crippen molar-refractivity contribution >= 4 is 21.4 Å². The third kappa shape index (κ3) is 4.40. The van der Waals surface area contributed by atoms with Gasteiger partial charge in [0.1, 0.15) is 0 Å². The maximum Gasteiger partial charge on any atom is 0.272 e. The molecule has 2 aromatic rings. The molecular weight excluding hydrogens is 368 g/mol. The van der Waals surface area contributed by atoms with Crippen molar-refractivity contribution in [1.82, 2.24) is 19.9 Å². The fourth-order valence-corrected chi connectivity index (χ4v) is 5.15. The maximum atomic E-state index is 12.4. The first-order chi connectivity index (χ1) is 12.4. The summed E-state index contributed by atoms with van der Waals surface area (Å²) in [7, 11) is -3.00. The Morgan fingerprint density at radius 1 is 1.41 bits per heavy atom. The summed E-state index contributed by atoms with van der Waals surface area (Å²) in [5, 5.41) is 5.89. The Bertz CT molecular complexity index is 1030. The molecule has 1 saturated heterocycles. The topological polar surface area (TPSA) is 113 Å². The van der Waals surface area contributed by atoms with Crippen molar-refractivity contribution < 1.29 is 13.2 Å². The van der Waals surface area contributed by atoms with Gasteiger partial charge < -0.3 is 5.32 Å². The second kappa shape index (κ2) is 6.78. The average Bonchev–Trinajstić information content (AvgIpc) is 3.10. The zero-order valence-electron chi connectivity index (χ0n) is 16.1. The van der Waals surface area contributed by atoms with Crippen molar-refractivity contribution in [2.45, 2.75) is 52.0 Å². The van der Waals surface area contributed by atoms with Crippen LogP contribution in [0.5, 0.6) is 0 Å². The smallest absolute Gasteiger partial charge is 0.272 e. The number of nitrogens with zero attached hydrogens (tertiary/aromatic N) is 2. The number of H-pyrrole nitrogens is 1. The lowest BCUT2D eigenvalue weighted by molar-refractivity contribution is -0.122. The molecule has 0 radical (unpaired) electrons. The molecule has 1 aliphatic rings. The van der Waals surface area contributed by atoms with Crippen LogP contribution < -0.4 is 10.9 Å². The molecule has 2 atom stereocenters. The first-order valence-corrected chi connectivity index (χ1v) is 10.9. The third-order valence-electron chi connectivity index (χ3n) is 4.90. The van der Waals surface area contributed by atoms with Gasteiger partial charge in [-0.25, -0.2) is 17.9 Å². The van der Waals surface area contributed by atoms with Gasteiger partial charge in [-0.1, -0.05) is 20.8 Å². The molecule has 8 nitrogen and oxygen atoms in total. The van der Waals surface area contributed by atoms with Crippen molar-refractivity contribution in [3.8, 4) is 0 Å². The number of fused-ring (bicyclic) bond motifs is 1. The summed E-state index contributed by atoms with van der Waals surface area (Å²) >= 11 is 0. The molecule has 1 amide bonds. The number of aromatic amines is 1. The molecule has 3 heterocycles. The predicted octanol–water partition coefficient (Wildman–Crippen LogP) is 1.32. The predicted molar refractivity (Wildman–Crippen MR) is 102 cm³/mol. The average molecular weight is 394 g/mol. The highest BCUT2D eigenvalue weighted by Crippen LogP contribution is 2.23. The van der Waals surface area contributed by atoms with E-state index in [1.807, 2.05) is 26.8 Å². The molecule has 0 unspecified atom stereocenters. The molecule has 9 heteroatoms. The lowest BCUT2D eigenvalue weighted by atomic mass is 9.93. The summed E-state index contributed by atoms with van der Waals surface area (Å²) in [5.41, 5.74) is 1.48. The van der Waals surface area contributed by atoms with E-state index < -0.39 is 15.9 Å². The molecule has 27 heavy (non-hydrogen) atoms. The molecule has 0 aliphatic carbocycles. The van der Waals surface area contributed by atoms with Crippen molar-refractivity contribution in [3.05, 3.63) is 33.9 Å². The van der Waals surface area contributed by atoms with Crippen molar-refractivity contribution in [1.29, 1.82) is 0 Å². The second-order valence-electron chi connectivity index (χ2n) is 8.40. The molecule has 2 aromatic heterocycles. The molecule has 0 aromatic carbocycles. The fourth-order valence-electron chi connectivity index (χ4n) is 3.29. The number of sulfone groups is 1. The summed E-state index contributed by atoms with van der Waals surface area (Å²) < 4.78 is 24.4. The van der Waals surface area contributed by atoms with Crippen molar-refractivity contribution in [2.24, 2.45) is 5.92 Å². The molecule has 1 fully saturated rings. The van der Waals surface area contributed by atoms with E-state index in [1.165, 1.54) is 10.6 Å². The monoisotopic (exact) mass is 394 g/mol. The zero-order chi connectivity index (χ0) is 20.0. The zero-order valence-corrected chi connectivity index (χ0v) is 16.9. The summed E-state index contributed by atoms with van der Waals surface area (Å²) in [6.45, 7) is 7.88. The van der Waals surface area contributed by atoms with Crippen LogP contribution in [0.2, 0.25) is 0 Å². The normalized spacial score (nSPS) is 20.7. The van der Waals surface area contributed by atoms with E-state index in [1.54, 1.807) is 6.92 Å². The van der Waals surface area contributed by atoms with Crippen LogP contribution >= 0.6 is 0 Å². The summed E-state index contributed by atoms with van der Waals surface area (Å²) in [4.78, 5) is 29.1. The van der Waals surface area contributed by atoms with Crippen LogP contribution in [0, 0.1) is 5.92 Å². The number of nitrogens with one attached hydrogen (secondary N) is 2. The van der Waals surface area contributed by atoms with Gasteiger partial charge in [-0.15, -0.1) is 0 Å². The Kier molecular flexibility index (Phi) is 4.92. The Balaban J connectivity index is 1.74. The quantitative estimate of drug-likeness (QED) is 0.812. The van der Waals surface area contributed by atoms with E-state index in [4.69, 9.17) is 0 Å². The SMILES string of the molecule is C[C@@H](NC(=O)C[C@@H]1CCS(=O)(=O)C1)c1cc(=O)n2[nH]c(C(C)(C)C)cc2n1. The van der Waals surface area contributed by atoms with Crippen LogP contribution in [0.3, 0.4) is 0 Å². The Labute approximate surface area is 158 Å². The molecule has 3 rings (SSSR count). The maximum absolute atomic E-state index is 12.4. The third-order valence-corrected chi connectivity index (χ3v) is 6.74. The van der Waals surface area contributed by atoms with Crippen LogP contribution in [0.1, 0.15) is 58.0 Å². The first kappa shape index (κ1) is 19.6. The van der Waals surface area contributed by atoms with Crippen LogP contribution in [-0.2, 0) is 20.0 Å². The molecule has 2 N–H and O–H groups in total. The first-order valence-electron chi connectivity index (χ1n) is 9.07. The Hall–Kier alpha value is -2.16. The molecular formula is C18H26N4O4S. The fraction of sp³-hybridized carbons (Fsp3) is 0.611. The number of carbonyl (C=O) groups excluding carboxylic acids is 1. The Morgan fingerprint density at radius 3 is 2.70 bits per heavy atom. The van der Waals surface area contributed by atoms with Gasteiger partial charge in [0.2, 0.25) is 5.91 Å². The standard InChI is InChI=1S/C18H26N4O4S/c1-11(19-16(23)7-12-5-6-27(25,26)10-12)13-8-17(24)22-15(20-13)9-14(21-22)18(2,3)4/h8-9,11-12,21H,5-7,10H2,1-4H3,(H,19,23)/t11-,12+/m1/s1. The van der Waals surface area contributed by atoms with E-state index >= 15 is 0 Å². The number of hydrogen-bond acceptors (Lipinski definition) is 5. The number of rotatable bonds is 4. The van der Waals surface area contributed by atoms with Crippen molar-refractivity contribution in [2.75, 3.05) is 11.5 Å². The lowest BCUT2D eigenvalue weighted by Gasteiger charge is -2.15. The molecule has 0 saturated carbocycles. The lowest BCUT2D eigenvalue weighted by Crippen LogP contribution is -2.30. The van der Waals surface area contributed by atoms with Crippen LogP contribution in [0.15, 0.2) is 16.9 Å². The summed E-state index contributed by atoms with van der Waals surface area (Å²) in [6.07, 6.45) is 0.692. The molecule has 148 valence electrons. The van der Waals surface area contributed by atoms with E-state index in [2.05, 4.69) is 15.4 Å². The van der Waals surface area contributed by atoms with Gasteiger partial charge in [-0.3, -0.25) is 14.7 Å². The highest BCUT2D eigenvalue weighted by atomic mass is 32.2. The molecule has 0 spiro atoms. The van der Waals surface area contributed by atoms with Gasteiger partial charge in [0, 0.05) is 29.7 Å². The number of aromatic nitrogens is 3. The van der Waals surface area contributed by atoms with Crippen LogP contribution in [0.4, 0.5) is 0 Å². The second-order valence-corrected chi connectivity index (χ2v) is 10.6. The van der Waals surface area contributed by atoms with Gasteiger partial charge in [-0.05, 0) is 19.3 Å². The van der Waals surface area contributed by atoms with Gasteiger partial charge in [0.25, 0.3) is 5.56 Å². The van der Waals surface area contributed by atoms with Gasteiger partial charge >= 0.3 is 0 Å². The molecule has 1 aliphatic heterocycles. The van der Waals surface area contributed by atoms with Gasteiger partial charge in [0.15, 0.2) is 15.5 Å². The molecule has 0 bridgehead atoms. The van der Waals surface area contributed by atoms with Crippen LogP contribution in [0.25, 0.3) is 5.65 Å². The number of hydrogen-bond donors (Lipinski definition) is 2. The highest BCUT2D eigenvalue weighted by molar-refractivity contribution is 7.91. The van der Waals surface area contributed by atoms with Crippen LogP contribution in [-0.4, -0.2) is 40.4 Å². The number of amides is 1. The summed E-state index contributed by atoms with van der Waals surface area (Å²) in [6, 6.07) is 2.80. The number of carbonyl (C=O) groups is 1. The van der Waals surface area contributed by atoms with Gasteiger partial charge in [0.05, 0.1) is 23.2 Å². The van der Waals surface area contributed by atoms with E-state index in [9.17, 15) is 18.0 Å². The summed E-state index contributed by atoms with van der Waals surface area (Å²) in [5.74, 6) is -0.142. The minimum atomic E-state index is -3.00. The van der Waals surface area contributed by atoms with E-state index in [0.29, 0.717) is 17.8 Å².